The summed E-state index contributed by atoms with van der Waals surface area (Å²) in [6.45, 7) is 0. The lowest BCUT2D eigenvalue weighted by Crippen LogP contribution is -2.00. The molecule has 11 heavy (non-hydrogen) atoms. The number of methoxy groups -OCH3 is 2. The van der Waals surface area contributed by atoms with Crippen LogP contribution in [0.1, 0.15) is 0 Å². The van der Waals surface area contributed by atoms with Gasteiger partial charge in [0.2, 0.25) is 0 Å². The van der Waals surface area contributed by atoms with Crippen molar-refractivity contribution in [3.8, 4) is 0 Å². The van der Waals surface area contributed by atoms with Crippen molar-refractivity contribution in [2.24, 2.45) is 9.63 Å². The molecule has 0 amide bonds. The third-order valence-corrected chi connectivity index (χ3v) is 2.13. The van der Waals surface area contributed by atoms with Crippen LogP contribution in [-0.2, 0) is 19.5 Å². The highest BCUT2D eigenvalue weighted by Gasteiger charge is 2.30. The molecule has 0 saturated heterocycles. The van der Waals surface area contributed by atoms with E-state index >= 15 is 0 Å². The van der Waals surface area contributed by atoms with Crippen LogP contribution < -0.4 is 0 Å². The number of hydrogen-bond acceptors (Lipinski definition) is 5. The zero-order valence-electron chi connectivity index (χ0n) is 5.94. The molecule has 0 aromatic rings. The molecule has 1 heterocycles. The minimum absolute atomic E-state index is 0.118. The summed E-state index contributed by atoms with van der Waals surface area (Å²) in [5.41, 5.74) is 0. The van der Waals surface area contributed by atoms with Crippen molar-refractivity contribution in [2.75, 3.05) is 14.2 Å². The van der Waals surface area contributed by atoms with Gasteiger partial charge in [0.05, 0.1) is 14.2 Å². The Labute approximate surface area is 63.6 Å². The molecule has 1 aliphatic heterocycles. The molecule has 0 aromatic heterocycles. The van der Waals surface area contributed by atoms with E-state index in [1.165, 1.54) is 14.2 Å². The van der Waals surface area contributed by atoms with Gasteiger partial charge in [0, 0.05) is 0 Å². The monoisotopic (exact) mass is 178 g/mol. The predicted octanol–water partition coefficient (Wildman–Crippen LogP) is 0.201. The highest BCUT2D eigenvalue weighted by molar-refractivity contribution is 7.93. The van der Waals surface area contributed by atoms with Gasteiger partial charge in [-0.15, -0.1) is 0 Å². The average Bonchev–Trinajstić information content (AvgIpc) is 2.24. The second-order valence-corrected chi connectivity index (χ2v) is 3.14. The van der Waals surface area contributed by atoms with E-state index in [4.69, 9.17) is 0 Å². The van der Waals surface area contributed by atoms with E-state index in [1.54, 1.807) is 0 Å². The van der Waals surface area contributed by atoms with Gasteiger partial charge in [-0.3, -0.25) is 0 Å². The Morgan fingerprint density at radius 3 is 2.27 bits per heavy atom. The summed E-state index contributed by atoms with van der Waals surface area (Å²) in [7, 11) is -1.21. The molecule has 1 aliphatic rings. The molecule has 0 unspecified atom stereocenters. The fraction of sp³-hybridized carbons (Fsp3) is 0.500. The van der Waals surface area contributed by atoms with Gasteiger partial charge in [-0.05, 0) is 4.52 Å². The van der Waals surface area contributed by atoms with Crippen LogP contribution in [0.2, 0.25) is 0 Å². The summed E-state index contributed by atoms with van der Waals surface area (Å²) in [6, 6.07) is 0. The Hall–Kier alpha value is -1.11. The number of ether oxygens (including phenoxy) is 2. The quantitative estimate of drug-likeness (QED) is 0.605. The lowest BCUT2D eigenvalue weighted by atomic mass is 10.9. The van der Waals surface area contributed by atoms with Crippen molar-refractivity contribution < 1.29 is 17.9 Å². The molecule has 0 N–H and O–H groups in total. The summed E-state index contributed by atoms with van der Waals surface area (Å²) in [4.78, 5) is 0. The van der Waals surface area contributed by atoms with Gasteiger partial charge in [-0.1, -0.05) is 5.11 Å². The van der Waals surface area contributed by atoms with Crippen molar-refractivity contribution in [1.29, 1.82) is 0 Å². The predicted molar refractivity (Wildman–Crippen MR) is 34.8 cm³/mol. The Morgan fingerprint density at radius 2 is 1.91 bits per heavy atom. The first kappa shape index (κ1) is 7.99. The Kier molecular flexibility index (Phi) is 1.81. The molecule has 7 heteroatoms. The van der Waals surface area contributed by atoms with Crippen LogP contribution in [0.4, 0.5) is 0 Å². The zero-order chi connectivity index (χ0) is 8.48. The number of sulfonamides is 1. The molecular formula is C4H6N2O4S. The number of rotatable bonds is 2. The minimum atomic E-state index is -3.71. The summed E-state index contributed by atoms with van der Waals surface area (Å²) < 4.78 is 33.7. The third kappa shape index (κ3) is 1.18. The molecule has 0 atom stereocenters. The van der Waals surface area contributed by atoms with Gasteiger partial charge in [0.1, 0.15) is 0 Å². The van der Waals surface area contributed by atoms with Crippen LogP contribution in [0, 0.1) is 0 Å². The second-order valence-electron chi connectivity index (χ2n) is 1.66. The smallest absolute Gasteiger partial charge is 0.338 e. The Balaban J connectivity index is 3.17. The van der Waals surface area contributed by atoms with Crippen LogP contribution in [-0.4, -0.2) is 22.6 Å². The van der Waals surface area contributed by atoms with E-state index in [9.17, 15) is 8.42 Å². The molecule has 62 valence electrons. The maximum absolute atomic E-state index is 10.8. The molecule has 0 aromatic carbocycles. The highest BCUT2D eigenvalue weighted by atomic mass is 32.2. The van der Waals surface area contributed by atoms with Gasteiger partial charge in [-0.25, -0.2) is 0 Å². The fourth-order valence-corrected chi connectivity index (χ4v) is 1.41. The Bertz CT molecular complexity index is 315. The molecule has 0 fully saturated rings. The molecule has 6 nitrogen and oxygen atoms in total. The highest BCUT2D eigenvalue weighted by Crippen LogP contribution is 2.23. The van der Waals surface area contributed by atoms with E-state index in [0.29, 0.717) is 0 Å². The number of hydrogen-bond donors (Lipinski definition) is 0. The Morgan fingerprint density at radius 1 is 1.27 bits per heavy atom. The van der Waals surface area contributed by atoms with Crippen molar-refractivity contribution in [3.05, 3.63) is 11.0 Å². The van der Waals surface area contributed by atoms with E-state index < -0.39 is 10.0 Å². The van der Waals surface area contributed by atoms with Gasteiger partial charge in [0.25, 0.3) is 5.88 Å². The molecular weight excluding hydrogens is 172 g/mol. The summed E-state index contributed by atoms with van der Waals surface area (Å²) in [5, 5.41) is 2.88. The first-order valence-electron chi connectivity index (χ1n) is 2.62. The summed E-state index contributed by atoms with van der Waals surface area (Å²) in [5.74, 6) is -0.118. The fourth-order valence-electron chi connectivity index (χ4n) is 0.596. The molecule has 0 saturated carbocycles. The number of nitrogens with zero attached hydrogens (tertiary/aromatic N) is 2. The molecule has 0 radical (unpaired) electrons. The largest absolute Gasteiger partial charge is 0.481 e. The van der Waals surface area contributed by atoms with Crippen molar-refractivity contribution in [3.63, 3.8) is 0 Å². The van der Waals surface area contributed by atoms with E-state index in [0.717, 1.165) is 0 Å². The van der Waals surface area contributed by atoms with Crippen LogP contribution in [0.5, 0.6) is 0 Å². The SMILES string of the molecule is COC1=C(OC)S(=O)(=O)N=N1. The summed E-state index contributed by atoms with van der Waals surface area (Å²) in [6.07, 6.45) is 0. The zero-order valence-corrected chi connectivity index (χ0v) is 6.75. The van der Waals surface area contributed by atoms with Gasteiger partial charge in [0.15, 0.2) is 0 Å². The van der Waals surface area contributed by atoms with Crippen LogP contribution in [0.25, 0.3) is 0 Å². The van der Waals surface area contributed by atoms with Crippen LogP contribution in [0.3, 0.4) is 0 Å². The summed E-state index contributed by atoms with van der Waals surface area (Å²) >= 11 is 0. The van der Waals surface area contributed by atoms with Crippen molar-refractivity contribution in [1.82, 2.24) is 0 Å². The van der Waals surface area contributed by atoms with Crippen LogP contribution in [0.15, 0.2) is 20.6 Å². The maximum atomic E-state index is 10.8. The van der Waals surface area contributed by atoms with E-state index in [-0.39, 0.29) is 11.0 Å². The van der Waals surface area contributed by atoms with Gasteiger partial charge < -0.3 is 9.47 Å². The normalized spacial score (nSPS) is 20.5. The molecule has 0 bridgehead atoms. The lowest BCUT2D eigenvalue weighted by molar-refractivity contribution is 0.238. The van der Waals surface area contributed by atoms with Crippen LogP contribution >= 0.6 is 0 Å². The van der Waals surface area contributed by atoms with E-state index in [2.05, 4.69) is 19.1 Å². The molecule has 1 rings (SSSR count). The molecule has 0 spiro atoms. The first-order valence-corrected chi connectivity index (χ1v) is 4.06. The average molecular weight is 178 g/mol. The van der Waals surface area contributed by atoms with Crippen molar-refractivity contribution >= 4 is 10.0 Å². The maximum Gasteiger partial charge on any atom is 0.338 e. The minimum Gasteiger partial charge on any atom is -0.481 e. The lowest BCUT2D eigenvalue weighted by Gasteiger charge is -1.98. The first-order chi connectivity index (χ1) is 5.11. The van der Waals surface area contributed by atoms with Gasteiger partial charge >= 0.3 is 15.1 Å². The molecule has 0 aliphatic carbocycles. The van der Waals surface area contributed by atoms with Crippen molar-refractivity contribution in [2.45, 2.75) is 0 Å². The standard InChI is InChI=1S/C4H6N2O4S/c1-9-3-4(10-2)11(7,8)6-5-3/h1-2H3. The topological polar surface area (TPSA) is 77.3 Å². The third-order valence-electron chi connectivity index (χ3n) is 1.03. The van der Waals surface area contributed by atoms with Gasteiger partial charge in [-0.2, -0.15) is 8.42 Å². The second kappa shape index (κ2) is 2.50. The van der Waals surface area contributed by atoms with E-state index in [1.807, 2.05) is 0 Å².